The van der Waals surface area contributed by atoms with Gasteiger partial charge in [-0.05, 0) is 32.0 Å². The van der Waals surface area contributed by atoms with Crippen molar-refractivity contribution >= 4 is 40.5 Å². The number of benzene rings is 1. The molecular formula is C14H16Cl2N4O. The van der Waals surface area contributed by atoms with Crippen LogP contribution in [0, 0.1) is 13.8 Å². The lowest BCUT2D eigenvalue weighted by Crippen LogP contribution is -2.16. The summed E-state index contributed by atoms with van der Waals surface area (Å²) in [6.45, 7) is 4.36. The molecule has 0 aliphatic rings. The lowest BCUT2D eigenvalue weighted by Gasteiger charge is -2.11. The Hall–Kier alpha value is -1.72. The van der Waals surface area contributed by atoms with E-state index in [-0.39, 0.29) is 12.3 Å². The highest BCUT2D eigenvalue weighted by atomic mass is 35.5. The van der Waals surface area contributed by atoms with Crippen LogP contribution in [-0.2, 0) is 11.3 Å². The Bertz CT molecular complexity index is 659. The summed E-state index contributed by atoms with van der Waals surface area (Å²) in [7, 11) is 0. The zero-order valence-corrected chi connectivity index (χ0v) is 13.3. The van der Waals surface area contributed by atoms with Crippen molar-refractivity contribution in [1.29, 1.82) is 0 Å². The quantitative estimate of drug-likeness (QED) is 0.845. The number of amides is 1. The van der Waals surface area contributed by atoms with Crippen molar-refractivity contribution in [3.8, 4) is 0 Å². The first-order valence-corrected chi connectivity index (χ1v) is 7.18. The van der Waals surface area contributed by atoms with Gasteiger partial charge in [-0.15, -0.1) is 0 Å². The van der Waals surface area contributed by atoms with Crippen molar-refractivity contribution in [2.45, 2.75) is 26.8 Å². The topological polar surface area (TPSA) is 72.9 Å². The summed E-state index contributed by atoms with van der Waals surface area (Å²) in [6.07, 6.45) is 0.278. The molecule has 112 valence electrons. The van der Waals surface area contributed by atoms with Crippen LogP contribution in [-0.4, -0.2) is 15.7 Å². The highest BCUT2D eigenvalue weighted by Crippen LogP contribution is 2.32. The van der Waals surface area contributed by atoms with Crippen LogP contribution < -0.4 is 11.1 Å². The first-order chi connectivity index (χ1) is 9.86. The van der Waals surface area contributed by atoms with Gasteiger partial charge in [0.1, 0.15) is 0 Å². The van der Waals surface area contributed by atoms with E-state index in [9.17, 15) is 4.79 Å². The van der Waals surface area contributed by atoms with Crippen LogP contribution in [0.1, 0.15) is 17.8 Å². The number of nitrogen functional groups attached to an aromatic ring is 1. The van der Waals surface area contributed by atoms with E-state index >= 15 is 0 Å². The lowest BCUT2D eigenvalue weighted by atomic mass is 10.2. The number of nitrogens with two attached hydrogens (primary N) is 1. The molecule has 0 atom stereocenters. The molecule has 0 aliphatic heterocycles. The minimum Gasteiger partial charge on any atom is -0.397 e. The van der Waals surface area contributed by atoms with Gasteiger partial charge in [0.05, 0.1) is 22.1 Å². The molecule has 2 aromatic rings. The Morgan fingerprint density at radius 3 is 2.62 bits per heavy atom. The maximum Gasteiger partial charge on any atom is 0.226 e. The maximum atomic E-state index is 12.0. The van der Waals surface area contributed by atoms with Crippen molar-refractivity contribution in [3.63, 3.8) is 0 Å². The molecule has 21 heavy (non-hydrogen) atoms. The fourth-order valence-electron chi connectivity index (χ4n) is 2.04. The molecule has 3 N–H and O–H groups in total. The molecule has 0 saturated carbocycles. The largest absolute Gasteiger partial charge is 0.397 e. The summed E-state index contributed by atoms with van der Waals surface area (Å²) in [5.41, 5.74) is 8.48. The van der Waals surface area contributed by atoms with Gasteiger partial charge in [-0.1, -0.05) is 23.2 Å². The molecule has 0 aliphatic carbocycles. The summed E-state index contributed by atoms with van der Waals surface area (Å²) >= 11 is 11.9. The van der Waals surface area contributed by atoms with E-state index in [2.05, 4.69) is 10.4 Å². The van der Waals surface area contributed by atoms with E-state index < -0.39 is 0 Å². The predicted molar refractivity (Wildman–Crippen MR) is 85.8 cm³/mol. The molecular weight excluding hydrogens is 311 g/mol. The number of nitrogens with zero attached hydrogens (tertiary/aromatic N) is 2. The van der Waals surface area contributed by atoms with E-state index in [1.54, 1.807) is 10.7 Å². The number of halogens is 2. The fourth-order valence-corrected chi connectivity index (χ4v) is 2.59. The predicted octanol–water partition coefficient (Wildman–Crippen LogP) is 3.42. The average molecular weight is 327 g/mol. The summed E-state index contributed by atoms with van der Waals surface area (Å²) in [5.74, 6) is -0.182. The SMILES string of the molecule is Cc1cc(C)n(CCC(=O)Nc2c(N)cc(Cl)cc2Cl)n1. The number of hydrogen-bond acceptors (Lipinski definition) is 3. The van der Waals surface area contributed by atoms with Crippen LogP contribution in [0.15, 0.2) is 18.2 Å². The highest BCUT2D eigenvalue weighted by molar-refractivity contribution is 6.37. The third kappa shape index (κ3) is 3.89. The summed E-state index contributed by atoms with van der Waals surface area (Å²) < 4.78 is 1.79. The molecule has 1 amide bonds. The molecule has 0 radical (unpaired) electrons. The van der Waals surface area contributed by atoms with Gasteiger partial charge in [-0.25, -0.2) is 0 Å². The van der Waals surface area contributed by atoms with Crippen LogP contribution in [0.5, 0.6) is 0 Å². The van der Waals surface area contributed by atoms with E-state index in [0.29, 0.717) is 28.0 Å². The Kier molecular flexibility index (Phi) is 4.75. The highest BCUT2D eigenvalue weighted by Gasteiger charge is 2.11. The van der Waals surface area contributed by atoms with Crippen LogP contribution in [0.4, 0.5) is 11.4 Å². The number of hydrogen-bond donors (Lipinski definition) is 2. The Morgan fingerprint density at radius 2 is 2.05 bits per heavy atom. The number of carbonyl (C=O) groups excluding carboxylic acids is 1. The number of aryl methyl sites for hydroxylation is 3. The van der Waals surface area contributed by atoms with Gasteiger partial charge in [-0.3, -0.25) is 9.48 Å². The second-order valence-corrected chi connectivity index (χ2v) is 5.64. The Balaban J connectivity index is 2.01. The van der Waals surface area contributed by atoms with Gasteiger partial charge < -0.3 is 11.1 Å². The molecule has 5 nitrogen and oxygen atoms in total. The Morgan fingerprint density at radius 1 is 1.33 bits per heavy atom. The normalized spacial score (nSPS) is 10.7. The van der Waals surface area contributed by atoms with E-state index in [1.165, 1.54) is 6.07 Å². The van der Waals surface area contributed by atoms with Crippen molar-refractivity contribution in [3.05, 3.63) is 39.6 Å². The van der Waals surface area contributed by atoms with Crippen molar-refractivity contribution in [2.75, 3.05) is 11.1 Å². The maximum absolute atomic E-state index is 12.0. The number of nitrogens with one attached hydrogen (secondary N) is 1. The number of aromatic nitrogens is 2. The molecule has 2 rings (SSSR count). The molecule has 0 fully saturated rings. The molecule has 1 heterocycles. The average Bonchev–Trinajstić information content (AvgIpc) is 2.69. The zero-order valence-electron chi connectivity index (χ0n) is 11.8. The second-order valence-electron chi connectivity index (χ2n) is 4.80. The molecule has 1 aromatic carbocycles. The molecule has 1 aromatic heterocycles. The molecule has 0 unspecified atom stereocenters. The molecule has 0 spiro atoms. The minimum absolute atomic E-state index is 0.182. The monoisotopic (exact) mass is 326 g/mol. The summed E-state index contributed by atoms with van der Waals surface area (Å²) in [5, 5.41) is 7.76. The van der Waals surface area contributed by atoms with Gasteiger partial charge in [0.25, 0.3) is 0 Å². The van der Waals surface area contributed by atoms with Crippen molar-refractivity contribution in [1.82, 2.24) is 9.78 Å². The standard InChI is InChI=1S/C14H16Cl2N4O/c1-8-5-9(2)20(19-8)4-3-13(21)18-14-11(16)6-10(15)7-12(14)17/h5-7H,3-4,17H2,1-2H3,(H,18,21). The molecule has 0 bridgehead atoms. The van der Waals surface area contributed by atoms with Gasteiger partial charge >= 0.3 is 0 Å². The van der Waals surface area contributed by atoms with Crippen molar-refractivity contribution < 1.29 is 4.79 Å². The van der Waals surface area contributed by atoms with E-state index in [1.807, 2.05) is 19.9 Å². The summed E-state index contributed by atoms with van der Waals surface area (Å²) in [4.78, 5) is 12.0. The Labute approximate surface area is 133 Å². The van der Waals surface area contributed by atoms with Gasteiger partial charge in [-0.2, -0.15) is 5.10 Å². The minimum atomic E-state index is -0.182. The van der Waals surface area contributed by atoms with Crippen molar-refractivity contribution in [2.24, 2.45) is 0 Å². The fraction of sp³-hybridized carbons (Fsp3) is 0.286. The van der Waals surface area contributed by atoms with Gasteiger partial charge in [0.2, 0.25) is 5.91 Å². The zero-order chi connectivity index (χ0) is 15.6. The van der Waals surface area contributed by atoms with Gasteiger partial charge in [0, 0.05) is 23.7 Å². The van der Waals surface area contributed by atoms with E-state index in [4.69, 9.17) is 28.9 Å². The molecule has 0 saturated heterocycles. The van der Waals surface area contributed by atoms with Crippen LogP contribution >= 0.6 is 23.2 Å². The smallest absolute Gasteiger partial charge is 0.226 e. The third-order valence-corrected chi connectivity index (χ3v) is 3.52. The number of rotatable bonds is 4. The van der Waals surface area contributed by atoms with Crippen LogP contribution in [0.3, 0.4) is 0 Å². The first kappa shape index (κ1) is 15.7. The van der Waals surface area contributed by atoms with Gasteiger partial charge in [0.15, 0.2) is 0 Å². The number of anilines is 2. The second kappa shape index (κ2) is 6.37. The molecule has 7 heteroatoms. The van der Waals surface area contributed by atoms with Crippen LogP contribution in [0.2, 0.25) is 10.0 Å². The summed E-state index contributed by atoms with van der Waals surface area (Å²) in [6, 6.07) is 5.05. The number of carbonyl (C=O) groups is 1. The lowest BCUT2D eigenvalue weighted by molar-refractivity contribution is -0.116. The van der Waals surface area contributed by atoms with E-state index in [0.717, 1.165) is 11.4 Å². The first-order valence-electron chi connectivity index (χ1n) is 6.42. The third-order valence-electron chi connectivity index (χ3n) is 3.00. The van der Waals surface area contributed by atoms with Crippen LogP contribution in [0.25, 0.3) is 0 Å².